The lowest BCUT2D eigenvalue weighted by Gasteiger charge is -2.12. The minimum absolute atomic E-state index is 0.233. The third kappa shape index (κ3) is 3.76. The minimum Gasteiger partial charge on any atom is -0.478 e. The lowest BCUT2D eigenvalue weighted by Crippen LogP contribution is -2.23. The van der Waals surface area contributed by atoms with Gasteiger partial charge in [0.05, 0.1) is 11.1 Å². The van der Waals surface area contributed by atoms with Crippen molar-refractivity contribution in [1.82, 2.24) is 10.9 Å². The lowest BCUT2D eigenvalue weighted by molar-refractivity contribution is -0.133. The summed E-state index contributed by atoms with van der Waals surface area (Å²) in [6.07, 6.45) is 14.4. The fourth-order valence-corrected chi connectivity index (χ4v) is 2.10. The van der Waals surface area contributed by atoms with Gasteiger partial charge in [0.2, 0.25) is 0 Å². The van der Waals surface area contributed by atoms with Gasteiger partial charge in [0.1, 0.15) is 0 Å². The van der Waals surface area contributed by atoms with Gasteiger partial charge >= 0.3 is 11.9 Å². The molecule has 0 aromatic heterocycles. The second-order valence-corrected chi connectivity index (χ2v) is 4.66. The van der Waals surface area contributed by atoms with Crippen LogP contribution in [0.1, 0.15) is 12.8 Å². The number of allylic oxidation sites excluding steroid dienone is 6. The number of hydrazine groups is 1. The van der Waals surface area contributed by atoms with E-state index in [4.69, 9.17) is 10.2 Å². The van der Waals surface area contributed by atoms with Crippen molar-refractivity contribution in [3.8, 4) is 0 Å². The lowest BCUT2D eigenvalue weighted by atomic mass is 9.99. The Labute approximate surface area is 127 Å². The summed E-state index contributed by atoms with van der Waals surface area (Å²) in [6, 6.07) is 0. The summed E-state index contributed by atoms with van der Waals surface area (Å²) in [5, 5.41) is 18.2. The Bertz CT molecular complexity index is 606. The molecule has 6 heteroatoms. The van der Waals surface area contributed by atoms with Crippen LogP contribution in [0.15, 0.2) is 71.1 Å². The van der Waals surface area contributed by atoms with E-state index in [-0.39, 0.29) is 11.1 Å². The molecule has 0 unspecified atom stereocenters. The van der Waals surface area contributed by atoms with E-state index in [1.54, 1.807) is 24.6 Å². The molecular weight excluding hydrogens is 284 g/mol. The van der Waals surface area contributed by atoms with Crippen molar-refractivity contribution in [2.45, 2.75) is 12.8 Å². The molecule has 0 aromatic rings. The maximum absolute atomic E-state index is 11.1. The SMILES string of the molecule is O=C(O)C1=CC=CCC1=CNNC=C1CC=CC=C1C(=O)O. The summed E-state index contributed by atoms with van der Waals surface area (Å²) >= 11 is 0. The van der Waals surface area contributed by atoms with Crippen LogP contribution in [0.2, 0.25) is 0 Å². The van der Waals surface area contributed by atoms with E-state index in [0.29, 0.717) is 24.0 Å². The molecule has 114 valence electrons. The van der Waals surface area contributed by atoms with Crippen LogP contribution in [-0.2, 0) is 9.59 Å². The fraction of sp³-hybridized carbons (Fsp3) is 0.125. The van der Waals surface area contributed by atoms with Crippen LogP contribution < -0.4 is 10.9 Å². The molecular formula is C16H16N2O4. The Balaban J connectivity index is 1.99. The number of hydrogen-bond donors (Lipinski definition) is 4. The molecule has 0 spiro atoms. The van der Waals surface area contributed by atoms with Crippen molar-refractivity contribution in [2.24, 2.45) is 0 Å². The Morgan fingerprint density at radius 3 is 1.64 bits per heavy atom. The van der Waals surface area contributed by atoms with Crippen molar-refractivity contribution in [1.29, 1.82) is 0 Å². The van der Waals surface area contributed by atoms with Crippen LogP contribution in [0.3, 0.4) is 0 Å². The van der Waals surface area contributed by atoms with Gasteiger partial charge in [-0.15, -0.1) is 0 Å². The van der Waals surface area contributed by atoms with Crippen molar-refractivity contribution >= 4 is 11.9 Å². The largest absolute Gasteiger partial charge is 0.478 e. The number of hydrogen-bond acceptors (Lipinski definition) is 4. The first kappa shape index (κ1) is 15.4. The zero-order valence-corrected chi connectivity index (χ0v) is 11.7. The van der Waals surface area contributed by atoms with E-state index < -0.39 is 11.9 Å². The number of rotatable bonds is 5. The van der Waals surface area contributed by atoms with Crippen LogP contribution in [0.25, 0.3) is 0 Å². The first-order valence-electron chi connectivity index (χ1n) is 6.69. The van der Waals surface area contributed by atoms with E-state index in [2.05, 4.69) is 10.9 Å². The summed E-state index contributed by atoms with van der Waals surface area (Å²) in [5.41, 5.74) is 7.29. The van der Waals surface area contributed by atoms with Gasteiger partial charge in [-0.25, -0.2) is 9.59 Å². The fourth-order valence-electron chi connectivity index (χ4n) is 2.10. The minimum atomic E-state index is -0.982. The van der Waals surface area contributed by atoms with Crippen LogP contribution in [-0.4, -0.2) is 22.2 Å². The van der Waals surface area contributed by atoms with Crippen molar-refractivity contribution in [3.05, 3.63) is 71.1 Å². The summed E-state index contributed by atoms with van der Waals surface area (Å²) in [7, 11) is 0. The summed E-state index contributed by atoms with van der Waals surface area (Å²) < 4.78 is 0. The van der Waals surface area contributed by atoms with Gasteiger partial charge in [0, 0.05) is 12.4 Å². The molecule has 0 fully saturated rings. The summed E-state index contributed by atoms with van der Waals surface area (Å²) in [6.45, 7) is 0. The molecule has 0 bridgehead atoms. The highest BCUT2D eigenvalue weighted by atomic mass is 16.4. The average Bonchev–Trinajstić information content (AvgIpc) is 2.52. The molecule has 2 aliphatic carbocycles. The van der Waals surface area contributed by atoms with Gasteiger partial charge in [-0.3, -0.25) is 0 Å². The summed E-state index contributed by atoms with van der Waals surface area (Å²) in [4.78, 5) is 22.2. The molecule has 0 heterocycles. The second-order valence-electron chi connectivity index (χ2n) is 4.66. The third-order valence-electron chi connectivity index (χ3n) is 3.20. The normalized spacial score (nSPS) is 20.5. The first-order chi connectivity index (χ1) is 10.6. The Hall–Kier alpha value is -3.02. The smallest absolute Gasteiger partial charge is 0.336 e. The van der Waals surface area contributed by atoms with Gasteiger partial charge < -0.3 is 21.1 Å². The maximum atomic E-state index is 11.1. The van der Waals surface area contributed by atoms with E-state index >= 15 is 0 Å². The third-order valence-corrected chi connectivity index (χ3v) is 3.20. The van der Waals surface area contributed by atoms with Gasteiger partial charge in [-0.1, -0.05) is 24.3 Å². The van der Waals surface area contributed by atoms with E-state index in [9.17, 15) is 9.59 Å². The van der Waals surface area contributed by atoms with Crippen molar-refractivity contribution in [3.63, 3.8) is 0 Å². The Kier molecular flexibility index (Phi) is 4.98. The second kappa shape index (κ2) is 7.12. The maximum Gasteiger partial charge on any atom is 0.336 e. The highest BCUT2D eigenvalue weighted by molar-refractivity contribution is 5.93. The molecule has 0 radical (unpaired) electrons. The highest BCUT2D eigenvalue weighted by Gasteiger charge is 2.14. The van der Waals surface area contributed by atoms with Gasteiger partial charge in [0.25, 0.3) is 0 Å². The topological polar surface area (TPSA) is 98.7 Å². The van der Waals surface area contributed by atoms with E-state index in [1.165, 1.54) is 12.2 Å². The highest BCUT2D eigenvalue weighted by Crippen LogP contribution is 2.20. The summed E-state index contributed by atoms with van der Waals surface area (Å²) in [5.74, 6) is -1.96. The monoisotopic (exact) mass is 300 g/mol. The van der Waals surface area contributed by atoms with Gasteiger partial charge in [0.15, 0.2) is 0 Å². The van der Waals surface area contributed by atoms with Crippen molar-refractivity contribution in [2.75, 3.05) is 0 Å². The molecule has 0 saturated carbocycles. The first-order valence-corrected chi connectivity index (χ1v) is 6.69. The average molecular weight is 300 g/mol. The zero-order chi connectivity index (χ0) is 15.9. The standard InChI is InChI=1S/C16H16N2O4/c19-15(20)13-7-3-1-5-11(13)9-17-18-10-12-6-2-4-8-14(12)16(21)22/h1-4,7-10,17-18H,5-6H2,(H,19,20)(H,21,22). The predicted octanol–water partition coefficient (Wildman–Crippen LogP) is 1.79. The molecule has 0 saturated heterocycles. The van der Waals surface area contributed by atoms with Crippen LogP contribution in [0.4, 0.5) is 0 Å². The molecule has 2 aliphatic rings. The number of nitrogens with one attached hydrogen (secondary N) is 2. The molecule has 4 N–H and O–H groups in total. The predicted molar refractivity (Wildman–Crippen MR) is 81.4 cm³/mol. The molecule has 0 aromatic carbocycles. The van der Waals surface area contributed by atoms with Crippen LogP contribution >= 0.6 is 0 Å². The van der Waals surface area contributed by atoms with E-state index in [1.807, 2.05) is 12.2 Å². The molecule has 2 rings (SSSR count). The van der Waals surface area contributed by atoms with Crippen LogP contribution in [0, 0.1) is 0 Å². The quantitative estimate of drug-likeness (QED) is 0.456. The number of aliphatic carboxylic acids is 2. The van der Waals surface area contributed by atoms with Gasteiger partial charge in [-0.2, -0.15) is 0 Å². The molecule has 0 amide bonds. The Morgan fingerprint density at radius 1 is 0.864 bits per heavy atom. The molecule has 0 atom stereocenters. The van der Waals surface area contributed by atoms with E-state index in [0.717, 1.165) is 0 Å². The van der Waals surface area contributed by atoms with Crippen molar-refractivity contribution < 1.29 is 19.8 Å². The molecule has 6 nitrogen and oxygen atoms in total. The Morgan fingerprint density at radius 2 is 1.27 bits per heavy atom. The van der Waals surface area contributed by atoms with Crippen LogP contribution in [0.5, 0.6) is 0 Å². The number of carbonyl (C=O) groups is 2. The number of carboxylic acids is 2. The zero-order valence-electron chi connectivity index (χ0n) is 11.7. The molecule has 22 heavy (non-hydrogen) atoms. The number of carboxylic acid groups (broad SMARTS) is 2. The molecule has 0 aliphatic heterocycles. The van der Waals surface area contributed by atoms with Gasteiger partial charge in [-0.05, 0) is 36.1 Å².